The van der Waals surface area contributed by atoms with E-state index in [0.717, 1.165) is 5.56 Å². The van der Waals surface area contributed by atoms with Crippen LogP contribution in [-0.2, 0) is 10.0 Å². The summed E-state index contributed by atoms with van der Waals surface area (Å²) in [6.45, 7) is 3.49. The number of rotatable bonds is 6. The van der Waals surface area contributed by atoms with Crippen molar-refractivity contribution in [1.82, 2.24) is 0 Å². The lowest BCUT2D eigenvalue weighted by molar-refractivity contribution is -0.385. The molecule has 3 rings (SSSR count). The van der Waals surface area contributed by atoms with Crippen molar-refractivity contribution in [2.75, 3.05) is 10.0 Å². The Morgan fingerprint density at radius 3 is 2.37 bits per heavy atom. The molecule has 0 saturated carbocycles. The molecular formula is C21H19N3O5S. The summed E-state index contributed by atoms with van der Waals surface area (Å²) in [5.74, 6) is -0.707. The summed E-state index contributed by atoms with van der Waals surface area (Å²) in [6.07, 6.45) is 0. The number of carbonyl (C=O) groups excluding carboxylic acids is 1. The van der Waals surface area contributed by atoms with E-state index in [1.54, 1.807) is 31.2 Å². The largest absolute Gasteiger partial charge is 0.322 e. The SMILES string of the molecule is Cc1cccc(NS(=O)(=O)c2cc(NC(=O)c3ccccc3[N+](=O)[O-])ccc2C)c1. The maximum atomic E-state index is 12.9. The lowest BCUT2D eigenvalue weighted by atomic mass is 10.1. The summed E-state index contributed by atoms with van der Waals surface area (Å²) in [7, 11) is -3.91. The van der Waals surface area contributed by atoms with Crippen LogP contribution in [0.2, 0.25) is 0 Å². The maximum Gasteiger partial charge on any atom is 0.282 e. The second-order valence-electron chi connectivity index (χ2n) is 6.68. The van der Waals surface area contributed by atoms with E-state index < -0.39 is 20.9 Å². The molecule has 0 heterocycles. The Labute approximate surface area is 173 Å². The topological polar surface area (TPSA) is 118 Å². The molecule has 0 atom stereocenters. The van der Waals surface area contributed by atoms with E-state index in [1.165, 1.54) is 36.4 Å². The summed E-state index contributed by atoms with van der Waals surface area (Å²) >= 11 is 0. The van der Waals surface area contributed by atoms with E-state index in [0.29, 0.717) is 11.3 Å². The number of hydrogen-bond acceptors (Lipinski definition) is 5. The van der Waals surface area contributed by atoms with Gasteiger partial charge in [0.05, 0.1) is 9.82 Å². The molecule has 0 fully saturated rings. The number of nitro groups is 1. The first-order valence-corrected chi connectivity index (χ1v) is 10.4. The molecular weight excluding hydrogens is 406 g/mol. The summed E-state index contributed by atoms with van der Waals surface area (Å²) in [5.41, 5.74) is 1.55. The zero-order valence-electron chi connectivity index (χ0n) is 16.2. The van der Waals surface area contributed by atoms with Crippen LogP contribution < -0.4 is 10.0 Å². The lowest BCUT2D eigenvalue weighted by Crippen LogP contribution is -2.17. The summed E-state index contributed by atoms with van der Waals surface area (Å²) in [5, 5.41) is 13.7. The van der Waals surface area contributed by atoms with Crippen LogP contribution in [0, 0.1) is 24.0 Å². The first-order valence-electron chi connectivity index (χ1n) is 8.92. The highest BCUT2D eigenvalue weighted by atomic mass is 32.2. The van der Waals surface area contributed by atoms with Gasteiger partial charge < -0.3 is 5.32 Å². The summed E-state index contributed by atoms with van der Waals surface area (Å²) in [4.78, 5) is 23.0. The molecule has 0 aliphatic heterocycles. The molecule has 0 aliphatic carbocycles. The molecule has 0 bridgehead atoms. The van der Waals surface area contributed by atoms with Gasteiger partial charge in [0.2, 0.25) is 0 Å². The van der Waals surface area contributed by atoms with Gasteiger partial charge >= 0.3 is 0 Å². The number of benzene rings is 3. The van der Waals surface area contributed by atoms with Crippen molar-refractivity contribution in [3.63, 3.8) is 0 Å². The third-order valence-electron chi connectivity index (χ3n) is 4.35. The number of aryl methyl sites for hydroxylation is 2. The van der Waals surface area contributed by atoms with Crippen molar-refractivity contribution >= 4 is 33.0 Å². The van der Waals surface area contributed by atoms with Crippen molar-refractivity contribution in [3.8, 4) is 0 Å². The molecule has 30 heavy (non-hydrogen) atoms. The fourth-order valence-corrected chi connectivity index (χ4v) is 4.23. The molecule has 0 unspecified atom stereocenters. The smallest absolute Gasteiger partial charge is 0.282 e. The molecule has 9 heteroatoms. The number of nitrogens with one attached hydrogen (secondary N) is 2. The highest BCUT2D eigenvalue weighted by Crippen LogP contribution is 2.25. The number of amides is 1. The van der Waals surface area contributed by atoms with Crippen molar-refractivity contribution in [2.24, 2.45) is 0 Å². The molecule has 3 aromatic carbocycles. The van der Waals surface area contributed by atoms with Crippen LogP contribution in [0.25, 0.3) is 0 Å². The Kier molecular flexibility index (Phi) is 5.84. The molecule has 154 valence electrons. The lowest BCUT2D eigenvalue weighted by Gasteiger charge is -2.13. The van der Waals surface area contributed by atoms with Gasteiger partial charge in [-0.15, -0.1) is 0 Å². The van der Waals surface area contributed by atoms with Gasteiger partial charge in [0.25, 0.3) is 21.6 Å². The first-order chi connectivity index (χ1) is 14.2. The minimum atomic E-state index is -3.91. The van der Waals surface area contributed by atoms with Gasteiger partial charge in [0.15, 0.2) is 0 Å². The quantitative estimate of drug-likeness (QED) is 0.452. The van der Waals surface area contributed by atoms with Crippen LogP contribution in [0.5, 0.6) is 0 Å². The molecule has 2 N–H and O–H groups in total. The van der Waals surface area contributed by atoms with Gasteiger partial charge in [-0.3, -0.25) is 19.6 Å². The van der Waals surface area contributed by atoms with Crippen molar-refractivity contribution in [2.45, 2.75) is 18.7 Å². The van der Waals surface area contributed by atoms with Crippen LogP contribution in [0.1, 0.15) is 21.5 Å². The van der Waals surface area contributed by atoms with Gasteiger partial charge in [-0.05, 0) is 55.3 Å². The van der Waals surface area contributed by atoms with Crippen LogP contribution in [0.3, 0.4) is 0 Å². The Morgan fingerprint density at radius 1 is 0.933 bits per heavy atom. The average molecular weight is 425 g/mol. The molecule has 1 amide bonds. The third kappa shape index (κ3) is 4.64. The van der Waals surface area contributed by atoms with E-state index in [9.17, 15) is 23.3 Å². The second kappa shape index (κ2) is 8.34. The molecule has 0 radical (unpaired) electrons. The van der Waals surface area contributed by atoms with Crippen LogP contribution in [0.4, 0.5) is 17.1 Å². The average Bonchev–Trinajstić information content (AvgIpc) is 2.69. The number of carbonyl (C=O) groups is 1. The molecule has 0 saturated heterocycles. The predicted molar refractivity (Wildman–Crippen MR) is 114 cm³/mol. The fraction of sp³-hybridized carbons (Fsp3) is 0.0952. The Morgan fingerprint density at radius 2 is 1.67 bits per heavy atom. The number of hydrogen-bond donors (Lipinski definition) is 2. The van der Waals surface area contributed by atoms with Crippen molar-refractivity contribution in [1.29, 1.82) is 0 Å². The third-order valence-corrected chi connectivity index (χ3v) is 5.87. The Balaban J connectivity index is 1.90. The van der Waals surface area contributed by atoms with E-state index in [1.807, 2.05) is 13.0 Å². The number of nitro benzene ring substituents is 1. The minimum Gasteiger partial charge on any atom is -0.322 e. The number of sulfonamides is 1. The van der Waals surface area contributed by atoms with Crippen LogP contribution in [0.15, 0.2) is 71.6 Å². The number of para-hydroxylation sites is 1. The van der Waals surface area contributed by atoms with Gasteiger partial charge in [-0.2, -0.15) is 0 Å². The van der Waals surface area contributed by atoms with E-state index >= 15 is 0 Å². The van der Waals surface area contributed by atoms with Gasteiger partial charge in [0, 0.05) is 17.4 Å². The predicted octanol–water partition coefficient (Wildman–Crippen LogP) is 4.26. The Hall–Kier alpha value is -3.72. The first kappa shape index (κ1) is 21.0. The van der Waals surface area contributed by atoms with E-state index in [-0.39, 0.29) is 21.8 Å². The standard InChI is InChI=1S/C21H19N3O5S/c1-14-6-5-7-17(12-14)23-30(28,29)20-13-16(11-10-15(20)2)22-21(25)18-8-3-4-9-19(18)24(26)27/h3-13,23H,1-2H3,(H,22,25). The normalized spacial score (nSPS) is 11.0. The number of anilines is 2. The van der Waals surface area contributed by atoms with Gasteiger partial charge in [0.1, 0.15) is 5.56 Å². The van der Waals surface area contributed by atoms with Crippen molar-refractivity contribution < 1.29 is 18.1 Å². The molecule has 0 aromatic heterocycles. The molecule has 0 aliphatic rings. The Bertz CT molecular complexity index is 1240. The van der Waals surface area contributed by atoms with Gasteiger partial charge in [-0.25, -0.2) is 8.42 Å². The molecule has 3 aromatic rings. The maximum absolute atomic E-state index is 12.9. The fourth-order valence-electron chi connectivity index (χ4n) is 2.91. The zero-order chi connectivity index (χ0) is 21.9. The second-order valence-corrected chi connectivity index (χ2v) is 8.33. The minimum absolute atomic E-state index is 0.00984. The summed E-state index contributed by atoms with van der Waals surface area (Å²) < 4.78 is 28.3. The number of nitrogens with zero attached hydrogens (tertiary/aromatic N) is 1. The van der Waals surface area contributed by atoms with Crippen LogP contribution >= 0.6 is 0 Å². The van der Waals surface area contributed by atoms with Crippen molar-refractivity contribution in [3.05, 3.63) is 93.5 Å². The monoisotopic (exact) mass is 425 g/mol. The highest BCUT2D eigenvalue weighted by Gasteiger charge is 2.21. The molecule has 0 spiro atoms. The molecule has 8 nitrogen and oxygen atoms in total. The van der Waals surface area contributed by atoms with E-state index in [2.05, 4.69) is 10.0 Å². The highest BCUT2D eigenvalue weighted by molar-refractivity contribution is 7.92. The zero-order valence-corrected chi connectivity index (χ0v) is 17.1. The summed E-state index contributed by atoms with van der Waals surface area (Å²) in [6, 6.07) is 16.9. The van der Waals surface area contributed by atoms with E-state index in [4.69, 9.17) is 0 Å². The van der Waals surface area contributed by atoms with Crippen LogP contribution in [-0.4, -0.2) is 19.2 Å². The van der Waals surface area contributed by atoms with Gasteiger partial charge in [-0.1, -0.05) is 30.3 Å².